The van der Waals surface area contributed by atoms with Crippen molar-refractivity contribution in [2.75, 3.05) is 13.2 Å². The number of fused-ring (bicyclic) bond motifs is 3. The fourth-order valence-corrected chi connectivity index (χ4v) is 4.06. The summed E-state index contributed by atoms with van der Waals surface area (Å²) in [5, 5.41) is 23.6. The van der Waals surface area contributed by atoms with Crippen LogP contribution in [0.5, 0.6) is 0 Å². The van der Waals surface area contributed by atoms with Gasteiger partial charge in [0.1, 0.15) is 12.2 Å². The second-order valence-corrected chi connectivity index (χ2v) is 6.97. The van der Waals surface area contributed by atoms with Crippen LogP contribution in [0.2, 0.25) is 0 Å². The van der Waals surface area contributed by atoms with Crippen LogP contribution < -0.4 is 5.32 Å². The van der Waals surface area contributed by atoms with Crippen molar-refractivity contribution in [3.05, 3.63) is 35.0 Å². The number of para-hydroxylation sites is 1. The van der Waals surface area contributed by atoms with E-state index in [2.05, 4.69) is 16.4 Å². The van der Waals surface area contributed by atoms with Gasteiger partial charge in [0.15, 0.2) is 0 Å². The number of H-pyrrole nitrogens is 1. The van der Waals surface area contributed by atoms with Crippen molar-refractivity contribution in [3.63, 3.8) is 0 Å². The zero-order valence-electron chi connectivity index (χ0n) is 14.1. The lowest BCUT2D eigenvalue weighted by Crippen LogP contribution is -2.54. The molecule has 1 saturated heterocycles. The highest BCUT2D eigenvalue weighted by atomic mass is 16.5. The Bertz CT molecular complexity index is 785. The first-order valence-corrected chi connectivity index (χ1v) is 9.03. The van der Waals surface area contributed by atoms with Crippen LogP contribution in [-0.2, 0) is 17.6 Å². The highest BCUT2D eigenvalue weighted by Gasteiger charge is 2.33. The summed E-state index contributed by atoms with van der Waals surface area (Å²) in [6.45, 7) is 0.153. The van der Waals surface area contributed by atoms with Crippen molar-refractivity contribution in [2.24, 2.45) is 0 Å². The molecule has 25 heavy (non-hydrogen) atoms. The van der Waals surface area contributed by atoms with Crippen LogP contribution in [0.15, 0.2) is 18.2 Å². The first-order valence-electron chi connectivity index (χ1n) is 9.03. The van der Waals surface area contributed by atoms with Crippen molar-refractivity contribution in [1.29, 1.82) is 0 Å². The van der Waals surface area contributed by atoms with Gasteiger partial charge in [-0.3, -0.25) is 4.79 Å². The molecule has 1 aliphatic heterocycles. The van der Waals surface area contributed by atoms with Crippen LogP contribution in [-0.4, -0.2) is 52.6 Å². The largest absolute Gasteiger partial charge is 0.394 e. The van der Waals surface area contributed by atoms with Crippen molar-refractivity contribution in [2.45, 2.75) is 50.4 Å². The van der Waals surface area contributed by atoms with Crippen LogP contribution in [0.4, 0.5) is 0 Å². The summed E-state index contributed by atoms with van der Waals surface area (Å²) in [5.74, 6) is -0.202. The molecule has 1 aliphatic carbocycles. The molecule has 4 N–H and O–H groups in total. The van der Waals surface area contributed by atoms with Gasteiger partial charge in [-0.2, -0.15) is 0 Å². The van der Waals surface area contributed by atoms with Gasteiger partial charge >= 0.3 is 0 Å². The maximum absolute atomic E-state index is 12.8. The molecule has 1 aromatic heterocycles. The topological polar surface area (TPSA) is 94.6 Å². The number of carbonyl (C=O) groups excluding carboxylic acids is 1. The predicted octanol–water partition coefficient (Wildman–Crippen LogP) is 1.29. The molecule has 2 aliphatic rings. The van der Waals surface area contributed by atoms with Crippen molar-refractivity contribution in [1.82, 2.24) is 10.3 Å². The number of aliphatic hydroxyl groups is 2. The van der Waals surface area contributed by atoms with Gasteiger partial charge in [0, 0.05) is 17.7 Å². The number of aromatic nitrogens is 1. The van der Waals surface area contributed by atoms with Crippen molar-refractivity contribution >= 4 is 16.8 Å². The highest BCUT2D eigenvalue weighted by molar-refractivity contribution is 6.07. The van der Waals surface area contributed by atoms with E-state index in [1.54, 1.807) is 0 Å². The third-order valence-corrected chi connectivity index (χ3v) is 5.43. The standard InChI is InChI=1S/C19H24N2O4/c22-10-16-18(23)15(8-9-25-16)21-19(24)13-6-3-5-12-11-4-1-2-7-14(11)20-17(12)13/h3,5-6,15-16,18,20,22-23H,1-2,4,7-10H2,(H,21,24)/t15-,16+,18-/m0/s1. The van der Waals surface area contributed by atoms with E-state index < -0.39 is 18.2 Å². The molecule has 1 fully saturated rings. The summed E-state index contributed by atoms with van der Waals surface area (Å²) in [7, 11) is 0. The van der Waals surface area contributed by atoms with Crippen LogP contribution in [0.1, 0.15) is 40.9 Å². The molecule has 0 bridgehead atoms. The molecule has 134 valence electrons. The zero-order chi connectivity index (χ0) is 17.4. The smallest absolute Gasteiger partial charge is 0.253 e. The number of aliphatic hydroxyl groups excluding tert-OH is 2. The van der Waals surface area contributed by atoms with Gasteiger partial charge in [-0.25, -0.2) is 0 Å². The third-order valence-electron chi connectivity index (χ3n) is 5.43. The molecule has 1 amide bonds. The molecule has 4 rings (SSSR count). The van der Waals surface area contributed by atoms with Crippen LogP contribution in [0, 0.1) is 0 Å². The van der Waals surface area contributed by atoms with Gasteiger partial charge in [0.2, 0.25) is 0 Å². The Kier molecular flexibility index (Phi) is 4.50. The number of hydrogen-bond acceptors (Lipinski definition) is 4. The minimum absolute atomic E-state index is 0.202. The summed E-state index contributed by atoms with van der Waals surface area (Å²) >= 11 is 0. The number of aryl methyl sites for hydroxylation is 2. The Labute approximate surface area is 146 Å². The van der Waals surface area contributed by atoms with Crippen molar-refractivity contribution < 1.29 is 19.7 Å². The summed E-state index contributed by atoms with van der Waals surface area (Å²) in [6, 6.07) is 5.38. The molecule has 0 radical (unpaired) electrons. The van der Waals surface area contributed by atoms with E-state index in [0.29, 0.717) is 18.6 Å². The number of hydrogen-bond donors (Lipinski definition) is 4. The minimum atomic E-state index is -0.904. The van der Waals surface area contributed by atoms with Crippen LogP contribution in [0.25, 0.3) is 10.9 Å². The number of nitrogens with one attached hydrogen (secondary N) is 2. The Hall–Kier alpha value is -1.89. The average Bonchev–Trinajstić information content (AvgIpc) is 3.02. The Balaban J connectivity index is 1.61. The van der Waals surface area contributed by atoms with E-state index >= 15 is 0 Å². The lowest BCUT2D eigenvalue weighted by atomic mass is 9.95. The summed E-state index contributed by atoms with van der Waals surface area (Å²) in [4.78, 5) is 16.3. The Morgan fingerprint density at radius 1 is 1.32 bits per heavy atom. The van der Waals surface area contributed by atoms with Crippen molar-refractivity contribution in [3.8, 4) is 0 Å². The van der Waals surface area contributed by atoms with Gasteiger partial charge in [-0.05, 0) is 43.7 Å². The Morgan fingerprint density at radius 3 is 3.00 bits per heavy atom. The molecule has 3 atom stereocenters. The molecule has 6 nitrogen and oxygen atoms in total. The second kappa shape index (κ2) is 6.78. The SMILES string of the molecule is O=C(N[C@H]1CCO[C@H](CO)[C@H]1O)c1cccc2c3c([nH]c12)CCCC3. The van der Waals surface area contributed by atoms with E-state index in [0.717, 1.165) is 23.7 Å². The molecule has 2 aromatic rings. The van der Waals surface area contributed by atoms with Gasteiger partial charge in [-0.1, -0.05) is 12.1 Å². The lowest BCUT2D eigenvalue weighted by molar-refractivity contribution is -0.107. The molecule has 0 saturated carbocycles. The monoisotopic (exact) mass is 344 g/mol. The number of carbonyl (C=O) groups is 1. The van der Waals surface area contributed by atoms with E-state index in [-0.39, 0.29) is 12.5 Å². The molecular formula is C19H24N2O4. The molecule has 1 aromatic carbocycles. The van der Waals surface area contributed by atoms with E-state index in [1.165, 1.54) is 24.1 Å². The van der Waals surface area contributed by atoms with E-state index in [1.807, 2.05) is 12.1 Å². The zero-order valence-corrected chi connectivity index (χ0v) is 14.1. The molecular weight excluding hydrogens is 320 g/mol. The number of amides is 1. The normalized spacial score (nSPS) is 26.4. The van der Waals surface area contributed by atoms with Gasteiger partial charge in [0.05, 0.1) is 23.7 Å². The first-order chi connectivity index (χ1) is 12.2. The molecule has 0 unspecified atom stereocenters. The van der Waals surface area contributed by atoms with Gasteiger partial charge in [0.25, 0.3) is 5.91 Å². The van der Waals surface area contributed by atoms with Crippen LogP contribution >= 0.6 is 0 Å². The first kappa shape index (κ1) is 16.6. The number of rotatable bonds is 3. The third kappa shape index (κ3) is 2.94. The lowest BCUT2D eigenvalue weighted by Gasteiger charge is -2.34. The summed E-state index contributed by atoms with van der Waals surface area (Å²) < 4.78 is 5.32. The average molecular weight is 344 g/mol. The number of benzene rings is 1. The predicted molar refractivity (Wildman–Crippen MR) is 93.6 cm³/mol. The highest BCUT2D eigenvalue weighted by Crippen LogP contribution is 2.31. The maximum atomic E-state index is 12.8. The summed E-state index contributed by atoms with van der Waals surface area (Å²) in [5.41, 5.74) is 4.06. The fourth-order valence-electron chi connectivity index (χ4n) is 4.06. The molecule has 0 spiro atoms. The second-order valence-electron chi connectivity index (χ2n) is 6.97. The number of aromatic amines is 1. The minimum Gasteiger partial charge on any atom is -0.394 e. The fraction of sp³-hybridized carbons (Fsp3) is 0.526. The molecule has 6 heteroatoms. The Morgan fingerprint density at radius 2 is 2.16 bits per heavy atom. The number of ether oxygens (including phenoxy) is 1. The van der Waals surface area contributed by atoms with E-state index in [4.69, 9.17) is 4.74 Å². The van der Waals surface area contributed by atoms with Crippen LogP contribution in [0.3, 0.4) is 0 Å². The quantitative estimate of drug-likeness (QED) is 0.675. The van der Waals surface area contributed by atoms with E-state index in [9.17, 15) is 15.0 Å². The molecule has 2 heterocycles. The van der Waals surface area contributed by atoms with Gasteiger partial charge in [-0.15, -0.1) is 0 Å². The maximum Gasteiger partial charge on any atom is 0.253 e. The van der Waals surface area contributed by atoms with Gasteiger partial charge < -0.3 is 25.3 Å². The summed E-state index contributed by atoms with van der Waals surface area (Å²) in [6.07, 6.45) is 3.43.